The van der Waals surface area contributed by atoms with Crippen molar-refractivity contribution in [3.8, 4) is 11.5 Å². The molecule has 0 unspecified atom stereocenters. The van der Waals surface area contributed by atoms with Crippen LogP contribution in [0.15, 0.2) is 52.9 Å². The van der Waals surface area contributed by atoms with Crippen LogP contribution in [-0.2, 0) is 11.6 Å². The Morgan fingerprint density at radius 3 is 2.29 bits per heavy atom. The van der Waals surface area contributed by atoms with Gasteiger partial charge in [0.05, 0.1) is 22.2 Å². The number of anilines is 2. The van der Waals surface area contributed by atoms with Crippen molar-refractivity contribution in [3.05, 3.63) is 60.0 Å². The molecule has 1 heterocycles. The van der Waals surface area contributed by atoms with E-state index in [4.69, 9.17) is 4.42 Å². The minimum atomic E-state index is -4.36. The van der Waals surface area contributed by atoms with Crippen molar-refractivity contribution < 1.29 is 17.6 Å². The molecular formula is C20H21F3N4O. The Morgan fingerprint density at radius 1 is 0.964 bits per heavy atom. The molecule has 0 aliphatic heterocycles. The maximum absolute atomic E-state index is 12.7. The highest BCUT2D eigenvalue weighted by atomic mass is 19.4. The summed E-state index contributed by atoms with van der Waals surface area (Å²) in [5.74, 6) is 0.843. The van der Waals surface area contributed by atoms with Gasteiger partial charge in [-0.2, -0.15) is 13.2 Å². The van der Waals surface area contributed by atoms with Crippen LogP contribution >= 0.6 is 0 Å². The lowest BCUT2D eigenvalue weighted by Gasteiger charge is -2.18. The molecule has 2 N–H and O–H groups in total. The molecule has 1 aromatic heterocycles. The largest absolute Gasteiger partial charge is 0.420 e. The Labute approximate surface area is 161 Å². The van der Waals surface area contributed by atoms with Gasteiger partial charge in [-0.3, -0.25) is 0 Å². The molecule has 0 radical (unpaired) electrons. The predicted molar refractivity (Wildman–Crippen MR) is 101 cm³/mol. The summed E-state index contributed by atoms with van der Waals surface area (Å²) < 4.78 is 44.1. The Hall–Kier alpha value is -2.87. The third-order valence-electron chi connectivity index (χ3n) is 4.27. The Morgan fingerprint density at radius 2 is 1.64 bits per heavy atom. The Bertz CT molecular complexity index is 933. The van der Waals surface area contributed by atoms with E-state index in [1.54, 1.807) is 6.07 Å². The van der Waals surface area contributed by atoms with E-state index < -0.39 is 11.7 Å². The van der Waals surface area contributed by atoms with Gasteiger partial charge >= 0.3 is 6.18 Å². The average Bonchev–Trinajstić information content (AvgIpc) is 3.13. The first-order chi connectivity index (χ1) is 13.2. The molecule has 0 saturated heterocycles. The zero-order valence-corrected chi connectivity index (χ0v) is 15.8. The van der Waals surface area contributed by atoms with Crippen molar-refractivity contribution in [2.75, 3.05) is 18.9 Å². The van der Waals surface area contributed by atoms with Crippen LogP contribution < -0.4 is 10.6 Å². The summed E-state index contributed by atoms with van der Waals surface area (Å²) in [7, 11) is 1.85. The molecule has 0 saturated carbocycles. The molecule has 28 heavy (non-hydrogen) atoms. The van der Waals surface area contributed by atoms with Crippen molar-refractivity contribution in [1.82, 2.24) is 15.5 Å². The summed E-state index contributed by atoms with van der Waals surface area (Å²) in [6, 6.07) is 12.1. The number of rotatable bonds is 6. The molecule has 5 nitrogen and oxygen atoms in total. The number of halogens is 3. The molecule has 0 spiro atoms. The summed E-state index contributed by atoms with van der Waals surface area (Å²) in [6.45, 7) is 4.65. The number of hydrogen-bond acceptors (Lipinski definition) is 5. The fraction of sp³-hybridized carbons (Fsp3) is 0.300. The van der Waals surface area contributed by atoms with Crippen molar-refractivity contribution in [1.29, 1.82) is 0 Å². The third-order valence-corrected chi connectivity index (χ3v) is 4.27. The van der Waals surface area contributed by atoms with Crippen LogP contribution in [0.3, 0.4) is 0 Å². The number of para-hydroxylation sites is 1. The molecule has 0 aliphatic rings. The van der Waals surface area contributed by atoms with Gasteiger partial charge < -0.3 is 15.1 Å². The normalized spacial score (nSPS) is 12.2. The van der Waals surface area contributed by atoms with Crippen LogP contribution in [0.5, 0.6) is 0 Å². The summed E-state index contributed by atoms with van der Waals surface area (Å²) in [5.41, 5.74) is 0.816. The SMILES string of the molecule is CNCC(C)(C)c1nnc(-c2ccccc2Nc2ccc(C(F)(F)F)cc2)o1. The van der Waals surface area contributed by atoms with Crippen molar-refractivity contribution in [2.45, 2.75) is 25.4 Å². The van der Waals surface area contributed by atoms with Crippen molar-refractivity contribution in [2.24, 2.45) is 0 Å². The van der Waals surface area contributed by atoms with E-state index >= 15 is 0 Å². The number of hydrogen-bond donors (Lipinski definition) is 2. The second-order valence-corrected chi connectivity index (χ2v) is 7.07. The van der Waals surface area contributed by atoms with Gasteiger partial charge in [-0.1, -0.05) is 12.1 Å². The second-order valence-electron chi connectivity index (χ2n) is 7.07. The van der Waals surface area contributed by atoms with Crippen molar-refractivity contribution in [3.63, 3.8) is 0 Å². The maximum Gasteiger partial charge on any atom is 0.416 e. The molecule has 3 aromatic rings. The highest BCUT2D eigenvalue weighted by Crippen LogP contribution is 2.33. The first-order valence-corrected chi connectivity index (χ1v) is 8.73. The average molecular weight is 390 g/mol. The predicted octanol–water partition coefficient (Wildman–Crippen LogP) is 5.00. The topological polar surface area (TPSA) is 63.0 Å². The monoisotopic (exact) mass is 390 g/mol. The fourth-order valence-corrected chi connectivity index (χ4v) is 2.80. The third kappa shape index (κ3) is 4.33. The highest BCUT2D eigenvalue weighted by molar-refractivity contribution is 5.76. The van der Waals surface area contributed by atoms with E-state index in [1.165, 1.54) is 12.1 Å². The number of benzene rings is 2. The smallest absolute Gasteiger partial charge is 0.416 e. The lowest BCUT2D eigenvalue weighted by Crippen LogP contribution is -2.31. The van der Waals surface area contributed by atoms with E-state index in [2.05, 4.69) is 20.8 Å². The zero-order valence-electron chi connectivity index (χ0n) is 15.8. The molecule has 0 bridgehead atoms. The van der Waals surface area contributed by atoms with Gasteiger partial charge in [0.15, 0.2) is 0 Å². The molecule has 3 rings (SSSR count). The number of alkyl halides is 3. The minimum Gasteiger partial charge on any atom is -0.420 e. The van der Waals surface area contributed by atoms with E-state index in [0.29, 0.717) is 35.3 Å². The molecule has 0 amide bonds. The standard InChI is InChI=1S/C20H21F3N4O/c1-19(2,12-24-3)18-27-26-17(28-18)15-6-4-5-7-16(15)25-14-10-8-13(9-11-14)20(21,22)23/h4-11,24-25H,12H2,1-3H3. The van der Waals surface area contributed by atoms with E-state index in [1.807, 2.05) is 39.1 Å². The van der Waals surface area contributed by atoms with Gasteiger partial charge in [0.25, 0.3) is 0 Å². The fourth-order valence-electron chi connectivity index (χ4n) is 2.80. The van der Waals surface area contributed by atoms with Gasteiger partial charge in [-0.15, -0.1) is 10.2 Å². The highest BCUT2D eigenvalue weighted by Gasteiger charge is 2.30. The molecule has 0 fully saturated rings. The Kier molecular flexibility index (Phi) is 5.42. The van der Waals surface area contributed by atoms with Crippen molar-refractivity contribution >= 4 is 11.4 Å². The Balaban J connectivity index is 1.87. The van der Waals surface area contributed by atoms with Crippen LogP contribution in [0.1, 0.15) is 25.3 Å². The van der Waals surface area contributed by atoms with Crippen LogP contribution in [0.2, 0.25) is 0 Å². The second kappa shape index (κ2) is 7.63. The van der Waals surface area contributed by atoms with Gasteiger partial charge in [-0.05, 0) is 57.3 Å². The lowest BCUT2D eigenvalue weighted by atomic mass is 9.94. The number of nitrogens with zero attached hydrogens (tertiary/aromatic N) is 2. The summed E-state index contributed by atoms with van der Waals surface area (Å²) >= 11 is 0. The van der Waals surface area contributed by atoms with E-state index in [-0.39, 0.29) is 5.41 Å². The number of aromatic nitrogens is 2. The molecule has 148 valence electrons. The van der Waals surface area contributed by atoms with Crippen LogP contribution in [0.4, 0.5) is 24.5 Å². The van der Waals surface area contributed by atoms with E-state index in [9.17, 15) is 13.2 Å². The van der Waals surface area contributed by atoms with E-state index in [0.717, 1.165) is 12.1 Å². The van der Waals surface area contributed by atoms with Gasteiger partial charge in [0, 0.05) is 12.2 Å². The van der Waals surface area contributed by atoms with Crippen LogP contribution in [0, 0.1) is 0 Å². The van der Waals surface area contributed by atoms with Gasteiger partial charge in [0.2, 0.25) is 11.8 Å². The lowest BCUT2D eigenvalue weighted by molar-refractivity contribution is -0.137. The summed E-state index contributed by atoms with van der Waals surface area (Å²) in [5, 5.41) is 14.5. The van der Waals surface area contributed by atoms with Gasteiger partial charge in [0.1, 0.15) is 0 Å². The molecule has 8 heteroatoms. The first kappa shape index (κ1) is 19.9. The summed E-state index contributed by atoms with van der Waals surface area (Å²) in [4.78, 5) is 0. The number of likely N-dealkylation sites (N-methyl/N-ethyl adjacent to an activating group) is 1. The van der Waals surface area contributed by atoms with Crippen LogP contribution in [0.25, 0.3) is 11.5 Å². The summed E-state index contributed by atoms with van der Waals surface area (Å²) in [6.07, 6.45) is -4.36. The zero-order chi connectivity index (χ0) is 20.4. The minimum absolute atomic E-state index is 0.338. The number of nitrogens with one attached hydrogen (secondary N) is 2. The first-order valence-electron chi connectivity index (χ1n) is 8.73. The van der Waals surface area contributed by atoms with Gasteiger partial charge in [-0.25, -0.2) is 0 Å². The quantitative estimate of drug-likeness (QED) is 0.620. The molecule has 0 atom stereocenters. The van der Waals surface area contributed by atoms with Crippen LogP contribution in [-0.4, -0.2) is 23.8 Å². The molecule has 0 aliphatic carbocycles. The molecular weight excluding hydrogens is 369 g/mol. The molecule has 2 aromatic carbocycles. The maximum atomic E-state index is 12.7.